The predicted molar refractivity (Wildman–Crippen MR) is 125 cm³/mol. The number of hydrogen-bond acceptors (Lipinski definition) is 6. The minimum Gasteiger partial charge on any atom is -0.505 e. The molecule has 2 heterocycles. The fourth-order valence-corrected chi connectivity index (χ4v) is 4.32. The van der Waals surface area contributed by atoms with Crippen molar-refractivity contribution in [3.05, 3.63) is 81.7 Å². The summed E-state index contributed by atoms with van der Waals surface area (Å²) < 4.78 is 6.45. The monoisotopic (exact) mass is 458 g/mol. The number of hydrogen-bond donors (Lipinski definition) is 3. The van der Waals surface area contributed by atoms with Gasteiger partial charge in [-0.1, -0.05) is 18.2 Å². The summed E-state index contributed by atoms with van der Waals surface area (Å²) >= 11 is 0. The highest BCUT2D eigenvalue weighted by Crippen LogP contribution is 2.39. The topological polar surface area (TPSA) is 133 Å². The van der Waals surface area contributed by atoms with Crippen LogP contribution in [0.2, 0.25) is 0 Å². The molecule has 1 aliphatic carbocycles. The molecule has 2 aromatic heterocycles. The van der Waals surface area contributed by atoms with Crippen LogP contribution >= 0.6 is 0 Å². The molecule has 0 saturated carbocycles. The minimum atomic E-state index is -1.25. The van der Waals surface area contributed by atoms with Crippen LogP contribution < -0.4 is 5.56 Å². The van der Waals surface area contributed by atoms with Crippen LogP contribution in [0.25, 0.3) is 16.8 Å². The number of carboxylic acids is 1. The van der Waals surface area contributed by atoms with Crippen LogP contribution in [0.3, 0.4) is 0 Å². The molecule has 9 nitrogen and oxygen atoms in total. The highest BCUT2D eigenvalue weighted by atomic mass is 16.4. The predicted octanol–water partition coefficient (Wildman–Crippen LogP) is 5.43. The van der Waals surface area contributed by atoms with Gasteiger partial charge in [0, 0.05) is 11.1 Å². The summed E-state index contributed by atoms with van der Waals surface area (Å²) in [6, 6.07) is 12.2. The Morgan fingerprint density at radius 3 is 2.65 bits per heavy atom. The number of aromatic hydroxyl groups is 1. The van der Waals surface area contributed by atoms with Crippen LogP contribution in [-0.2, 0) is 12.8 Å². The molecule has 9 heteroatoms. The van der Waals surface area contributed by atoms with Crippen molar-refractivity contribution in [1.29, 1.82) is 0 Å². The van der Waals surface area contributed by atoms with Crippen molar-refractivity contribution in [2.24, 2.45) is 10.2 Å². The van der Waals surface area contributed by atoms with Gasteiger partial charge in [-0.2, -0.15) is 0 Å². The number of carboxylic acid groups (broad SMARTS) is 1. The van der Waals surface area contributed by atoms with Gasteiger partial charge in [0.1, 0.15) is 5.69 Å². The van der Waals surface area contributed by atoms with E-state index in [-0.39, 0.29) is 39.6 Å². The normalized spacial score (nSPS) is 13.3. The molecule has 5 rings (SSSR count). The zero-order valence-electron chi connectivity index (χ0n) is 18.4. The summed E-state index contributed by atoms with van der Waals surface area (Å²) in [4.78, 5) is 24.5. The van der Waals surface area contributed by atoms with Gasteiger partial charge in [-0.15, -0.1) is 10.2 Å². The van der Waals surface area contributed by atoms with Gasteiger partial charge in [-0.05, 0) is 68.0 Å². The zero-order chi connectivity index (χ0) is 23.8. The first-order valence-electron chi connectivity index (χ1n) is 10.9. The van der Waals surface area contributed by atoms with E-state index in [0.29, 0.717) is 5.69 Å². The summed E-state index contributed by atoms with van der Waals surface area (Å²) in [6.45, 7) is 1.73. The second-order valence-electron chi connectivity index (χ2n) is 8.23. The van der Waals surface area contributed by atoms with Crippen molar-refractivity contribution in [3.8, 4) is 22.6 Å². The number of phenolic OH excluding ortho intramolecular Hbond substituents is 1. The van der Waals surface area contributed by atoms with Crippen LogP contribution in [0, 0.1) is 6.92 Å². The number of rotatable bonds is 5. The van der Waals surface area contributed by atoms with Crippen LogP contribution in [-0.4, -0.2) is 26.0 Å². The molecule has 34 heavy (non-hydrogen) atoms. The van der Waals surface area contributed by atoms with Crippen molar-refractivity contribution in [3.63, 3.8) is 0 Å². The van der Waals surface area contributed by atoms with E-state index in [1.165, 1.54) is 40.6 Å². The Hall–Kier alpha value is -4.40. The van der Waals surface area contributed by atoms with Crippen LogP contribution in [0.4, 0.5) is 11.4 Å². The summed E-state index contributed by atoms with van der Waals surface area (Å²) in [5.41, 5.74) is 4.17. The minimum absolute atomic E-state index is 0.0929. The van der Waals surface area contributed by atoms with Gasteiger partial charge in [0.15, 0.2) is 11.4 Å². The van der Waals surface area contributed by atoms with Gasteiger partial charge in [-0.25, -0.2) is 9.48 Å². The van der Waals surface area contributed by atoms with Crippen molar-refractivity contribution < 1.29 is 19.4 Å². The second-order valence-corrected chi connectivity index (χ2v) is 8.23. The first kappa shape index (κ1) is 21.4. The average Bonchev–Trinajstić information content (AvgIpc) is 3.43. The van der Waals surface area contributed by atoms with Crippen LogP contribution in [0.1, 0.15) is 40.2 Å². The summed E-state index contributed by atoms with van der Waals surface area (Å²) in [5.74, 6) is -1.81. The molecule has 3 N–H and O–H groups in total. The number of phenols is 1. The van der Waals surface area contributed by atoms with E-state index < -0.39 is 5.97 Å². The molecule has 0 spiro atoms. The number of azo groups is 1. The highest BCUT2D eigenvalue weighted by Gasteiger charge is 2.20. The Bertz CT molecular complexity index is 1490. The molecular formula is C25H22N4O5. The molecule has 0 amide bonds. The molecule has 172 valence electrons. The number of nitrogens with one attached hydrogen (secondary N) is 1. The lowest BCUT2D eigenvalue weighted by molar-refractivity contribution is 0.0663. The maximum absolute atomic E-state index is 13.1. The maximum Gasteiger partial charge on any atom is 0.372 e. The highest BCUT2D eigenvalue weighted by molar-refractivity contribution is 5.94. The number of nitrogens with zero attached hydrogens (tertiary/aromatic N) is 3. The van der Waals surface area contributed by atoms with E-state index in [1.807, 2.05) is 12.1 Å². The molecule has 0 atom stereocenters. The number of aryl methyl sites for hydroxylation is 3. The Kier molecular flexibility index (Phi) is 5.37. The molecule has 0 aliphatic heterocycles. The number of furan rings is 1. The second kappa shape index (κ2) is 8.51. The quantitative estimate of drug-likeness (QED) is 0.343. The Balaban J connectivity index is 1.49. The largest absolute Gasteiger partial charge is 0.505 e. The Morgan fingerprint density at radius 1 is 1.06 bits per heavy atom. The van der Waals surface area contributed by atoms with Gasteiger partial charge >= 0.3 is 5.97 Å². The SMILES string of the molecule is Cc1[nH]n(-c2ccc3c(c2)CCCC3)c(=O)c1N=Nc1cccc(-c2ccoc2C(=O)O)c1O. The fraction of sp³-hybridized carbons (Fsp3) is 0.200. The third kappa shape index (κ3) is 3.71. The number of fused-ring (bicyclic) bond motifs is 1. The fourth-order valence-electron chi connectivity index (χ4n) is 4.32. The van der Waals surface area contributed by atoms with Gasteiger partial charge in [-0.3, -0.25) is 9.89 Å². The van der Waals surface area contributed by atoms with E-state index in [2.05, 4.69) is 21.4 Å². The van der Waals surface area contributed by atoms with Crippen molar-refractivity contribution in [2.45, 2.75) is 32.6 Å². The maximum atomic E-state index is 13.1. The molecule has 0 saturated heterocycles. The van der Waals surface area contributed by atoms with Gasteiger partial charge in [0.2, 0.25) is 5.76 Å². The molecule has 1 aliphatic rings. The molecule has 0 bridgehead atoms. The Labute approximate surface area is 194 Å². The van der Waals surface area contributed by atoms with Crippen molar-refractivity contribution in [2.75, 3.05) is 0 Å². The lowest BCUT2D eigenvalue weighted by atomic mass is 9.91. The van der Waals surface area contributed by atoms with Gasteiger partial charge in [0.25, 0.3) is 5.56 Å². The third-order valence-corrected chi connectivity index (χ3v) is 6.05. The number of aromatic amines is 1. The first-order valence-corrected chi connectivity index (χ1v) is 10.9. The van der Waals surface area contributed by atoms with E-state index in [0.717, 1.165) is 24.9 Å². The molecule has 4 aromatic rings. The van der Waals surface area contributed by atoms with E-state index in [1.54, 1.807) is 19.1 Å². The number of benzene rings is 2. The van der Waals surface area contributed by atoms with E-state index in [4.69, 9.17) is 4.42 Å². The third-order valence-electron chi connectivity index (χ3n) is 6.05. The number of aromatic carboxylic acids is 1. The number of para-hydroxylation sites is 1. The Morgan fingerprint density at radius 2 is 1.85 bits per heavy atom. The molecular weight excluding hydrogens is 436 g/mol. The smallest absolute Gasteiger partial charge is 0.372 e. The molecule has 0 fully saturated rings. The number of carbonyl (C=O) groups is 1. The lowest BCUT2D eigenvalue weighted by Crippen LogP contribution is -2.15. The number of H-pyrrole nitrogens is 1. The van der Waals surface area contributed by atoms with Crippen LogP contribution in [0.15, 0.2) is 68.2 Å². The van der Waals surface area contributed by atoms with E-state index in [9.17, 15) is 19.8 Å². The molecule has 0 radical (unpaired) electrons. The summed E-state index contributed by atoms with van der Waals surface area (Å²) in [5, 5.41) is 31.2. The number of aromatic nitrogens is 2. The lowest BCUT2D eigenvalue weighted by Gasteiger charge is -2.16. The molecule has 0 unspecified atom stereocenters. The van der Waals surface area contributed by atoms with Crippen molar-refractivity contribution >= 4 is 17.3 Å². The van der Waals surface area contributed by atoms with Crippen molar-refractivity contribution in [1.82, 2.24) is 9.78 Å². The van der Waals surface area contributed by atoms with Crippen LogP contribution in [0.5, 0.6) is 5.75 Å². The standard InChI is InChI=1S/C25H22N4O5/c1-14-21(24(31)29(28-14)17-10-9-15-5-2-3-6-16(15)13-17)27-26-20-8-4-7-18(22(20)30)19-11-12-34-23(19)25(32)33/h4,7-13,28,30H,2-3,5-6H2,1H3,(H,32,33). The molecule has 2 aromatic carbocycles. The summed E-state index contributed by atoms with van der Waals surface area (Å²) in [6.07, 6.45) is 5.62. The van der Waals surface area contributed by atoms with E-state index >= 15 is 0 Å². The zero-order valence-corrected chi connectivity index (χ0v) is 18.4. The summed E-state index contributed by atoms with van der Waals surface area (Å²) in [7, 11) is 0. The van der Waals surface area contributed by atoms with Gasteiger partial charge < -0.3 is 14.6 Å². The van der Waals surface area contributed by atoms with Gasteiger partial charge in [0.05, 0.1) is 17.6 Å². The average molecular weight is 458 g/mol. The first-order chi connectivity index (χ1) is 16.4.